The van der Waals surface area contributed by atoms with E-state index in [0.717, 1.165) is 16.8 Å². The monoisotopic (exact) mass is 343 g/mol. The molecule has 0 fully saturated rings. The first-order chi connectivity index (χ1) is 11.5. The van der Waals surface area contributed by atoms with Crippen LogP contribution in [0.4, 0.5) is 10.7 Å². The van der Waals surface area contributed by atoms with E-state index in [1.54, 1.807) is 12.3 Å². The van der Waals surface area contributed by atoms with Crippen LogP contribution >= 0.6 is 11.3 Å². The van der Waals surface area contributed by atoms with E-state index in [9.17, 15) is 14.4 Å². The fourth-order valence-electron chi connectivity index (χ4n) is 2.82. The Labute approximate surface area is 143 Å². The van der Waals surface area contributed by atoms with Crippen molar-refractivity contribution in [1.29, 1.82) is 0 Å². The zero-order valence-electron chi connectivity index (χ0n) is 13.1. The molecular weight excluding hydrogens is 326 g/mol. The van der Waals surface area contributed by atoms with Crippen molar-refractivity contribution in [2.75, 3.05) is 10.6 Å². The molecule has 1 aliphatic heterocycles. The van der Waals surface area contributed by atoms with Crippen LogP contribution in [-0.4, -0.2) is 17.7 Å². The number of amides is 3. The third kappa shape index (κ3) is 3.16. The van der Waals surface area contributed by atoms with Crippen molar-refractivity contribution in [2.45, 2.75) is 19.8 Å². The number of nitrogens with two attached hydrogens (primary N) is 1. The number of primary amides is 1. The summed E-state index contributed by atoms with van der Waals surface area (Å²) in [7, 11) is 0. The number of para-hydroxylation sites is 1. The van der Waals surface area contributed by atoms with Crippen LogP contribution in [0.15, 0.2) is 29.6 Å². The molecule has 0 saturated heterocycles. The number of benzene rings is 1. The van der Waals surface area contributed by atoms with Crippen molar-refractivity contribution in [2.24, 2.45) is 11.7 Å². The van der Waals surface area contributed by atoms with Gasteiger partial charge >= 0.3 is 0 Å². The van der Waals surface area contributed by atoms with Crippen LogP contribution in [0.25, 0.3) is 0 Å². The molecule has 124 valence electrons. The van der Waals surface area contributed by atoms with Crippen LogP contribution in [0.5, 0.6) is 0 Å². The number of fused-ring (bicyclic) bond motifs is 1. The van der Waals surface area contributed by atoms with Crippen LogP contribution < -0.4 is 16.4 Å². The molecule has 0 spiro atoms. The van der Waals surface area contributed by atoms with Gasteiger partial charge in [0.2, 0.25) is 11.8 Å². The van der Waals surface area contributed by atoms with Gasteiger partial charge in [-0.05, 0) is 35.9 Å². The van der Waals surface area contributed by atoms with E-state index < -0.39 is 11.8 Å². The minimum Gasteiger partial charge on any atom is -0.365 e. The number of aryl methyl sites for hydroxylation is 1. The standard InChI is InChI=1S/C17H17N3O3S/c1-9-8-24-17(14(9)15(18)22)20-13(21)7-11-6-10-4-2-3-5-12(10)19-16(11)23/h2-5,8,11H,6-7H2,1H3,(H2,18,22)(H,19,23)(H,20,21). The summed E-state index contributed by atoms with van der Waals surface area (Å²) in [5.74, 6) is -1.48. The second-order valence-corrected chi connectivity index (χ2v) is 6.67. The van der Waals surface area contributed by atoms with E-state index in [2.05, 4.69) is 10.6 Å². The molecule has 4 N–H and O–H groups in total. The highest BCUT2D eigenvalue weighted by Crippen LogP contribution is 2.29. The molecule has 2 aromatic rings. The van der Waals surface area contributed by atoms with E-state index in [1.165, 1.54) is 11.3 Å². The summed E-state index contributed by atoms with van der Waals surface area (Å²) in [6.07, 6.45) is 0.566. The SMILES string of the molecule is Cc1csc(NC(=O)CC2Cc3ccccc3NC2=O)c1C(N)=O. The van der Waals surface area contributed by atoms with Gasteiger partial charge in [0.25, 0.3) is 5.91 Å². The summed E-state index contributed by atoms with van der Waals surface area (Å²) >= 11 is 1.25. The average Bonchev–Trinajstić information content (AvgIpc) is 2.88. The molecule has 6 nitrogen and oxygen atoms in total. The second-order valence-electron chi connectivity index (χ2n) is 5.79. The molecule has 1 aliphatic rings. The zero-order valence-corrected chi connectivity index (χ0v) is 13.9. The highest BCUT2D eigenvalue weighted by molar-refractivity contribution is 7.15. The quantitative estimate of drug-likeness (QED) is 0.794. The third-order valence-electron chi connectivity index (χ3n) is 4.02. The molecule has 1 aromatic carbocycles. The van der Waals surface area contributed by atoms with E-state index in [-0.39, 0.29) is 18.2 Å². The number of hydrogen-bond donors (Lipinski definition) is 3. The van der Waals surface area contributed by atoms with E-state index in [0.29, 0.717) is 17.0 Å². The summed E-state index contributed by atoms with van der Waals surface area (Å²) in [6, 6.07) is 7.54. The Morgan fingerprint density at radius 3 is 2.88 bits per heavy atom. The predicted octanol–water partition coefficient (Wildman–Crippen LogP) is 2.30. The Morgan fingerprint density at radius 2 is 2.12 bits per heavy atom. The van der Waals surface area contributed by atoms with Crippen molar-refractivity contribution in [1.82, 2.24) is 0 Å². The van der Waals surface area contributed by atoms with E-state index >= 15 is 0 Å². The number of rotatable bonds is 4. The van der Waals surface area contributed by atoms with E-state index in [4.69, 9.17) is 5.73 Å². The molecule has 0 radical (unpaired) electrons. The molecule has 2 heterocycles. The highest BCUT2D eigenvalue weighted by Gasteiger charge is 2.28. The summed E-state index contributed by atoms with van der Waals surface area (Å²) in [5, 5.41) is 7.72. The first-order valence-corrected chi connectivity index (χ1v) is 8.40. The van der Waals surface area contributed by atoms with Crippen molar-refractivity contribution < 1.29 is 14.4 Å². The minimum absolute atomic E-state index is 0.0509. The van der Waals surface area contributed by atoms with Gasteiger partial charge in [0.05, 0.1) is 11.5 Å². The number of hydrogen-bond acceptors (Lipinski definition) is 4. The Bertz CT molecular complexity index is 828. The van der Waals surface area contributed by atoms with Crippen LogP contribution in [0, 0.1) is 12.8 Å². The van der Waals surface area contributed by atoms with Gasteiger partial charge in [-0.15, -0.1) is 11.3 Å². The lowest BCUT2D eigenvalue weighted by Gasteiger charge is -2.24. The number of anilines is 2. The third-order valence-corrected chi connectivity index (χ3v) is 5.03. The molecule has 0 bridgehead atoms. The van der Waals surface area contributed by atoms with Gasteiger partial charge in [0, 0.05) is 12.1 Å². The summed E-state index contributed by atoms with van der Waals surface area (Å²) in [5.41, 5.74) is 8.21. The van der Waals surface area contributed by atoms with Gasteiger partial charge in [-0.25, -0.2) is 0 Å². The van der Waals surface area contributed by atoms with Gasteiger partial charge in [-0.1, -0.05) is 18.2 Å². The van der Waals surface area contributed by atoms with Crippen molar-refractivity contribution in [3.8, 4) is 0 Å². The summed E-state index contributed by atoms with van der Waals surface area (Å²) in [4.78, 5) is 35.9. The molecule has 24 heavy (non-hydrogen) atoms. The fraction of sp³-hybridized carbons (Fsp3) is 0.235. The van der Waals surface area contributed by atoms with Gasteiger partial charge in [-0.3, -0.25) is 14.4 Å². The van der Waals surface area contributed by atoms with Gasteiger partial charge in [0.15, 0.2) is 0 Å². The van der Waals surface area contributed by atoms with Crippen molar-refractivity contribution in [3.05, 3.63) is 46.3 Å². The molecular formula is C17H17N3O3S. The van der Waals surface area contributed by atoms with Crippen molar-refractivity contribution >= 4 is 39.7 Å². The lowest BCUT2D eigenvalue weighted by atomic mass is 9.90. The predicted molar refractivity (Wildman–Crippen MR) is 93.1 cm³/mol. The number of thiophene rings is 1. The second kappa shape index (κ2) is 6.45. The largest absolute Gasteiger partial charge is 0.365 e. The Balaban J connectivity index is 1.70. The van der Waals surface area contributed by atoms with Crippen LogP contribution in [0.3, 0.4) is 0 Å². The fourth-order valence-corrected chi connectivity index (χ4v) is 3.79. The lowest BCUT2D eigenvalue weighted by Crippen LogP contribution is -2.33. The number of nitrogens with one attached hydrogen (secondary N) is 2. The average molecular weight is 343 g/mol. The molecule has 3 amide bonds. The first-order valence-electron chi connectivity index (χ1n) is 7.52. The summed E-state index contributed by atoms with van der Waals surface area (Å²) < 4.78 is 0. The molecule has 0 aliphatic carbocycles. The molecule has 3 rings (SSSR count). The van der Waals surface area contributed by atoms with Crippen LogP contribution in [0.2, 0.25) is 0 Å². The molecule has 1 atom stereocenters. The number of carbonyl (C=O) groups is 3. The lowest BCUT2D eigenvalue weighted by molar-refractivity contribution is -0.125. The van der Waals surface area contributed by atoms with Gasteiger partial charge in [0.1, 0.15) is 5.00 Å². The Hall–Kier alpha value is -2.67. The maximum atomic E-state index is 12.3. The molecule has 1 unspecified atom stereocenters. The molecule has 7 heteroatoms. The van der Waals surface area contributed by atoms with Crippen molar-refractivity contribution in [3.63, 3.8) is 0 Å². The zero-order chi connectivity index (χ0) is 17.3. The highest BCUT2D eigenvalue weighted by atomic mass is 32.1. The minimum atomic E-state index is -0.576. The van der Waals surface area contributed by atoms with Crippen LogP contribution in [0.1, 0.15) is 27.9 Å². The summed E-state index contributed by atoms with van der Waals surface area (Å²) in [6.45, 7) is 1.76. The normalized spacial score (nSPS) is 16.2. The van der Waals surface area contributed by atoms with Gasteiger partial charge in [-0.2, -0.15) is 0 Å². The number of carbonyl (C=O) groups excluding carboxylic acids is 3. The van der Waals surface area contributed by atoms with Gasteiger partial charge < -0.3 is 16.4 Å². The van der Waals surface area contributed by atoms with Crippen LogP contribution in [-0.2, 0) is 16.0 Å². The Kier molecular flexibility index (Phi) is 4.35. The topological polar surface area (TPSA) is 101 Å². The maximum absolute atomic E-state index is 12.3. The first kappa shape index (κ1) is 16.2. The maximum Gasteiger partial charge on any atom is 0.251 e. The van der Waals surface area contributed by atoms with E-state index in [1.807, 2.05) is 24.3 Å². The smallest absolute Gasteiger partial charge is 0.251 e. The molecule has 0 saturated carbocycles. The Morgan fingerprint density at radius 1 is 1.38 bits per heavy atom. The molecule has 1 aromatic heterocycles.